The van der Waals surface area contributed by atoms with Crippen LogP contribution >= 0.6 is 0 Å². The number of allylic oxidation sites excluding steroid dienone is 5. The molecule has 13 rings (SSSR count). The van der Waals surface area contributed by atoms with Gasteiger partial charge in [-0.15, -0.1) is 6.58 Å². The van der Waals surface area contributed by atoms with Crippen LogP contribution in [-0.2, 0) is 5.41 Å². The summed E-state index contributed by atoms with van der Waals surface area (Å²) in [7, 11) is 0. The standard InChI is InChI=1S/C62H44N2O/c1-3-40(41-18-6-4-7-19-41)36-57(42-20-8-5-9-21-42)63-39(2)64-58-29-17-13-25-48(58)50-34-43(30-32-59(50)64)44-31-33-60-51(35-44)52-37-49-47-24-12-16-28-55(47)62(56(49)38-61(52)65-60)53-26-14-10-22-45(53)46-23-11-15-27-54(46)62/h3-4,6-8,10-38,40H,1,5,9H2,2H3/b57-36-,63-39+. The van der Waals surface area contributed by atoms with Crippen molar-refractivity contribution in [3.8, 4) is 33.4 Å². The molecule has 0 radical (unpaired) electrons. The Balaban J connectivity index is 0.940. The quantitative estimate of drug-likeness (QED) is 0.0932. The molecule has 1 atom stereocenters. The van der Waals surface area contributed by atoms with E-state index in [-0.39, 0.29) is 5.92 Å². The molecule has 0 saturated carbocycles. The van der Waals surface area contributed by atoms with Crippen LogP contribution in [-0.4, -0.2) is 10.4 Å². The molecule has 0 aliphatic heterocycles. The average Bonchev–Trinajstić information content (AvgIpc) is 4.08. The first-order valence-electron chi connectivity index (χ1n) is 22.8. The Labute approximate surface area is 378 Å². The van der Waals surface area contributed by atoms with Gasteiger partial charge in [0.25, 0.3) is 0 Å². The summed E-state index contributed by atoms with van der Waals surface area (Å²) in [5.41, 5.74) is 19.7. The van der Waals surface area contributed by atoms with Gasteiger partial charge >= 0.3 is 0 Å². The maximum atomic E-state index is 6.80. The lowest BCUT2D eigenvalue weighted by atomic mass is 9.70. The van der Waals surface area contributed by atoms with E-state index in [1.165, 1.54) is 60.8 Å². The summed E-state index contributed by atoms with van der Waals surface area (Å²) in [6.07, 6.45) is 13.1. The Bertz CT molecular complexity index is 3710. The summed E-state index contributed by atoms with van der Waals surface area (Å²) >= 11 is 0. The van der Waals surface area contributed by atoms with Crippen LogP contribution in [0.5, 0.6) is 0 Å². The van der Waals surface area contributed by atoms with E-state index in [2.05, 4.69) is 218 Å². The minimum Gasteiger partial charge on any atom is -0.456 e. The van der Waals surface area contributed by atoms with Crippen molar-refractivity contribution in [3.63, 3.8) is 0 Å². The lowest BCUT2D eigenvalue weighted by Crippen LogP contribution is -2.25. The minimum absolute atomic E-state index is 0.0278. The Morgan fingerprint density at radius 3 is 1.91 bits per heavy atom. The van der Waals surface area contributed by atoms with Gasteiger partial charge in [-0.3, -0.25) is 4.57 Å². The summed E-state index contributed by atoms with van der Waals surface area (Å²) in [5.74, 6) is 0.942. The van der Waals surface area contributed by atoms with Crippen molar-refractivity contribution in [2.45, 2.75) is 31.1 Å². The summed E-state index contributed by atoms with van der Waals surface area (Å²) in [6.45, 7) is 6.35. The number of para-hydroxylation sites is 1. The molecule has 1 spiro atoms. The molecule has 3 aliphatic rings. The molecule has 8 aromatic carbocycles. The molecule has 2 aromatic heterocycles. The average molecular weight is 833 g/mol. The van der Waals surface area contributed by atoms with Gasteiger partial charge in [-0.2, -0.15) is 0 Å². The van der Waals surface area contributed by atoms with Crippen molar-refractivity contribution in [1.82, 2.24) is 4.57 Å². The van der Waals surface area contributed by atoms with Gasteiger partial charge in [-0.25, -0.2) is 4.99 Å². The Morgan fingerprint density at radius 2 is 1.20 bits per heavy atom. The number of benzene rings is 8. The van der Waals surface area contributed by atoms with Crippen LogP contribution in [0.25, 0.3) is 77.1 Å². The van der Waals surface area contributed by atoms with Crippen LogP contribution in [0.3, 0.4) is 0 Å². The van der Waals surface area contributed by atoms with E-state index in [1.54, 1.807) is 0 Å². The van der Waals surface area contributed by atoms with E-state index in [0.717, 1.165) is 74.0 Å². The molecular weight excluding hydrogens is 789 g/mol. The zero-order valence-corrected chi connectivity index (χ0v) is 36.1. The summed E-state index contributed by atoms with van der Waals surface area (Å²) < 4.78 is 9.12. The first-order chi connectivity index (χ1) is 32.1. The number of hydrogen-bond donors (Lipinski definition) is 0. The third kappa shape index (κ3) is 5.52. The van der Waals surface area contributed by atoms with E-state index in [1.807, 2.05) is 6.08 Å². The first-order valence-corrected chi connectivity index (χ1v) is 22.8. The number of aromatic nitrogens is 1. The Morgan fingerprint density at radius 1 is 0.585 bits per heavy atom. The highest BCUT2D eigenvalue weighted by atomic mass is 16.3. The summed E-state index contributed by atoms with van der Waals surface area (Å²) in [5, 5.41) is 4.64. The fraction of sp³-hybridized carbons (Fsp3) is 0.0806. The predicted molar refractivity (Wildman–Crippen MR) is 271 cm³/mol. The highest BCUT2D eigenvalue weighted by Gasteiger charge is 2.51. The molecule has 0 N–H and O–H groups in total. The second-order valence-electron chi connectivity index (χ2n) is 17.7. The van der Waals surface area contributed by atoms with Gasteiger partial charge < -0.3 is 4.42 Å². The molecule has 0 bridgehead atoms. The van der Waals surface area contributed by atoms with Gasteiger partial charge in [0.1, 0.15) is 17.0 Å². The smallest absolute Gasteiger partial charge is 0.135 e. The molecule has 0 fully saturated rings. The van der Waals surface area contributed by atoms with Gasteiger partial charge in [0, 0.05) is 27.5 Å². The van der Waals surface area contributed by atoms with E-state index in [0.29, 0.717) is 0 Å². The van der Waals surface area contributed by atoms with Gasteiger partial charge in [-0.1, -0.05) is 158 Å². The van der Waals surface area contributed by atoms with Crippen LogP contribution < -0.4 is 0 Å². The number of hydrogen-bond acceptors (Lipinski definition) is 2. The molecular formula is C62H44N2O. The zero-order valence-electron chi connectivity index (χ0n) is 36.1. The summed E-state index contributed by atoms with van der Waals surface area (Å²) in [4.78, 5) is 5.44. The lowest BCUT2D eigenvalue weighted by Gasteiger charge is -2.30. The number of rotatable bonds is 6. The van der Waals surface area contributed by atoms with Gasteiger partial charge in [0.2, 0.25) is 0 Å². The van der Waals surface area contributed by atoms with Crippen molar-refractivity contribution < 1.29 is 4.42 Å². The number of furan rings is 1. The highest BCUT2D eigenvalue weighted by Crippen LogP contribution is 2.63. The minimum atomic E-state index is -0.409. The normalized spacial score (nSPS) is 15.4. The van der Waals surface area contributed by atoms with Gasteiger partial charge in [0.15, 0.2) is 0 Å². The number of aliphatic imine (C=N–C) groups is 1. The lowest BCUT2D eigenvalue weighted by molar-refractivity contribution is 0.666. The molecule has 3 heteroatoms. The van der Waals surface area contributed by atoms with E-state index >= 15 is 0 Å². The summed E-state index contributed by atoms with van der Waals surface area (Å²) in [6, 6.07) is 64.5. The van der Waals surface area contributed by atoms with Crippen molar-refractivity contribution >= 4 is 49.6 Å². The second-order valence-corrected chi connectivity index (χ2v) is 17.7. The van der Waals surface area contributed by atoms with Crippen molar-refractivity contribution in [2.24, 2.45) is 4.99 Å². The zero-order chi connectivity index (χ0) is 43.2. The predicted octanol–water partition coefficient (Wildman–Crippen LogP) is 16.1. The van der Waals surface area contributed by atoms with Crippen LogP contribution in [0.1, 0.15) is 53.5 Å². The molecule has 2 heterocycles. The first kappa shape index (κ1) is 37.5. The van der Waals surface area contributed by atoms with Gasteiger partial charge in [-0.05, 0) is 135 Å². The third-order valence-electron chi connectivity index (χ3n) is 14.3. The molecule has 10 aromatic rings. The molecule has 308 valence electrons. The van der Waals surface area contributed by atoms with Crippen LogP contribution in [0.4, 0.5) is 0 Å². The van der Waals surface area contributed by atoms with Gasteiger partial charge in [0.05, 0.1) is 22.1 Å². The van der Waals surface area contributed by atoms with Crippen LogP contribution in [0.15, 0.2) is 234 Å². The maximum absolute atomic E-state index is 6.80. The van der Waals surface area contributed by atoms with E-state index in [9.17, 15) is 0 Å². The topological polar surface area (TPSA) is 30.4 Å². The molecule has 0 amide bonds. The van der Waals surface area contributed by atoms with Crippen molar-refractivity contribution in [3.05, 3.63) is 252 Å². The monoisotopic (exact) mass is 832 g/mol. The molecule has 1 unspecified atom stereocenters. The molecule has 3 nitrogen and oxygen atoms in total. The van der Waals surface area contributed by atoms with Crippen molar-refractivity contribution in [1.29, 1.82) is 0 Å². The SMILES string of the molecule is C=CC(/C=C(\N=C(/C)n1c2ccccc2c2cc(-c3ccc4oc5cc6c(cc5c4c3)-c3ccccc3C63c4ccccc4-c4ccccc43)ccc21)C1=CCCC=C1)c1ccccc1. The Hall–Kier alpha value is -8.01. The second kappa shape index (κ2) is 14.5. The molecule has 3 aliphatic carbocycles. The third-order valence-corrected chi connectivity index (χ3v) is 14.3. The van der Waals surface area contributed by atoms with Crippen LogP contribution in [0, 0.1) is 0 Å². The maximum Gasteiger partial charge on any atom is 0.135 e. The fourth-order valence-electron chi connectivity index (χ4n) is 11.4. The Kier molecular flexibility index (Phi) is 8.38. The number of fused-ring (bicyclic) bond motifs is 16. The largest absolute Gasteiger partial charge is 0.456 e. The fourth-order valence-corrected chi connectivity index (χ4v) is 11.4. The van der Waals surface area contributed by atoms with E-state index in [4.69, 9.17) is 9.41 Å². The molecule has 65 heavy (non-hydrogen) atoms. The van der Waals surface area contributed by atoms with Crippen molar-refractivity contribution in [2.75, 3.05) is 0 Å². The highest BCUT2D eigenvalue weighted by molar-refractivity contribution is 6.15. The molecule has 0 saturated heterocycles. The van der Waals surface area contributed by atoms with E-state index < -0.39 is 5.41 Å². The van der Waals surface area contributed by atoms with Crippen LogP contribution in [0.2, 0.25) is 0 Å². The number of nitrogens with zero attached hydrogens (tertiary/aromatic N) is 2.